The van der Waals surface area contributed by atoms with Crippen LogP contribution in [-0.4, -0.2) is 4.98 Å². The number of pyridine rings is 2. The molecule has 0 bridgehead atoms. The van der Waals surface area contributed by atoms with E-state index in [-0.39, 0.29) is 0 Å². The lowest BCUT2D eigenvalue weighted by Crippen LogP contribution is -2.31. The van der Waals surface area contributed by atoms with E-state index in [1.807, 2.05) is 0 Å². The molecule has 0 saturated heterocycles. The Morgan fingerprint density at radius 2 is 1.53 bits per heavy atom. The van der Waals surface area contributed by atoms with Crippen LogP contribution in [0.1, 0.15) is 50.4 Å². The van der Waals surface area contributed by atoms with E-state index in [0.717, 1.165) is 39.7 Å². The monoisotopic (exact) mass is 449 g/mol. The first-order chi connectivity index (χ1) is 16.3. The fraction of sp³-hybridized carbons (Fsp3) is 0.290. The van der Waals surface area contributed by atoms with Crippen LogP contribution in [0, 0.1) is 12.8 Å². The molecule has 0 aliphatic rings. The second-order valence-corrected chi connectivity index (χ2v) is 10.2. The van der Waals surface area contributed by atoms with E-state index in [1.54, 1.807) is 0 Å². The van der Waals surface area contributed by atoms with Crippen molar-refractivity contribution in [1.29, 1.82) is 0 Å². The zero-order valence-corrected chi connectivity index (χ0v) is 21.0. The number of nitrogens with zero attached hydrogens (tertiary/aromatic N) is 2. The fourth-order valence-electron chi connectivity index (χ4n) is 4.82. The average molecular weight is 450 g/mol. The van der Waals surface area contributed by atoms with Crippen LogP contribution in [0.4, 0.5) is 0 Å². The average Bonchev–Trinajstić information content (AvgIpc) is 3.17. The summed E-state index contributed by atoms with van der Waals surface area (Å²) in [5, 5.41) is 2.18. The highest BCUT2D eigenvalue weighted by Crippen LogP contribution is 2.37. The quantitative estimate of drug-likeness (QED) is 0.257. The Kier molecular flexibility index (Phi) is 5.73. The van der Waals surface area contributed by atoms with Crippen molar-refractivity contribution in [2.24, 2.45) is 13.0 Å². The Bertz CT molecular complexity index is 1490. The summed E-state index contributed by atoms with van der Waals surface area (Å²) in [7, 11) is 2.11. The molecule has 3 heteroatoms. The van der Waals surface area contributed by atoms with E-state index in [2.05, 4.69) is 113 Å². The maximum Gasteiger partial charge on any atom is 0.227 e. The molecule has 5 aromatic rings. The van der Waals surface area contributed by atoms with Gasteiger partial charge < -0.3 is 4.42 Å². The molecule has 0 saturated carbocycles. The van der Waals surface area contributed by atoms with Crippen molar-refractivity contribution in [2.45, 2.75) is 47.0 Å². The molecule has 0 atom stereocenters. The molecular weight excluding hydrogens is 416 g/mol. The molecular formula is C31H33N2O+. The summed E-state index contributed by atoms with van der Waals surface area (Å²) in [6.07, 6.45) is 3.32. The maximum absolute atomic E-state index is 6.40. The lowest BCUT2D eigenvalue weighted by molar-refractivity contribution is -0.659. The van der Waals surface area contributed by atoms with Crippen molar-refractivity contribution in [2.75, 3.05) is 0 Å². The minimum absolute atomic E-state index is 0.364. The van der Waals surface area contributed by atoms with Gasteiger partial charge in [0, 0.05) is 28.1 Å². The Labute approximate surface area is 202 Å². The number of aromatic nitrogens is 2. The van der Waals surface area contributed by atoms with Crippen LogP contribution < -0.4 is 4.57 Å². The standard InChI is InChI=1S/C31H33N2O/c1-19(2)17-22-8-10-23(11-9-22)24-12-16-28(33(6)18-24)29-21(5)7-13-25-26-14-15-27(20(3)4)32-31(26)34-30(25)29/h7-16,18-20H,17H2,1-6H3/q+1. The smallest absolute Gasteiger partial charge is 0.227 e. The van der Waals surface area contributed by atoms with Crippen molar-refractivity contribution in [1.82, 2.24) is 4.98 Å². The van der Waals surface area contributed by atoms with Gasteiger partial charge in [0.05, 0.1) is 5.56 Å². The third-order valence-electron chi connectivity index (χ3n) is 6.65. The van der Waals surface area contributed by atoms with Gasteiger partial charge in [0.25, 0.3) is 0 Å². The molecule has 3 nitrogen and oxygen atoms in total. The van der Waals surface area contributed by atoms with Crippen molar-refractivity contribution in [3.8, 4) is 22.4 Å². The fourth-order valence-corrected chi connectivity index (χ4v) is 4.82. The first-order valence-corrected chi connectivity index (χ1v) is 12.2. The van der Waals surface area contributed by atoms with E-state index in [9.17, 15) is 0 Å². The number of aryl methyl sites for hydroxylation is 2. The van der Waals surface area contributed by atoms with Crippen molar-refractivity contribution < 1.29 is 8.98 Å². The molecule has 0 N–H and O–H groups in total. The van der Waals surface area contributed by atoms with Crippen molar-refractivity contribution in [3.63, 3.8) is 0 Å². The third kappa shape index (κ3) is 4.00. The summed E-state index contributed by atoms with van der Waals surface area (Å²) < 4.78 is 8.61. The van der Waals surface area contributed by atoms with Crippen molar-refractivity contribution in [3.05, 3.63) is 83.7 Å². The number of hydrogen-bond donors (Lipinski definition) is 0. The van der Waals surface area contributed by atoms with E-state index >= 15 is 0 Å². The largest absolute Gasteiger partial charge is 0.437 e. The van der Waals surface area contributed by atoms with Crippen LogP contribution in [0.15, 0.2) is 71.3 Å². The molecule has 0 spiro atoms. The van der Waals surface area contributed by atoms with Crippen molar-refractivity contribution >= 4 is 22.1 Å². The molecule has 2 aromatic carbocycles. The number of benzene rings is 2. The summed E-state index contributed by atoms with van der Waals surface area (Å²) in [5.41, 5.74) is 9.96. The molecule has 0 aliphatic carbocycles. The van der Waals surface area contributed by atoms with Crippen LogP contribution in [-0.2, 0) is 13.5 Å². The zero-order chi connectivity index (χ0) is 24.0. The van der Waals surface area contributed by atoms with Crippen LogP contribution in [0.3, 0.4) is 0 Å². The third-order valence-corrected chi connectivity index (χ3v) is 6.65. The van der Waals surface area contributed by atoms with Gasteiger partial charge in [-0.2, -0.15) is 0 Å². The van der Waals surface area contributed by atoms with E-state index in [4.69, 9.17) is 9.40 Å². The lowest BCUT2D eigenvalue weighted by atomic mass is 9.98. The van der Waals surface area contributed by atoms with Gasteiger partial charge >= 0.3 is 0 Å². The Hall–Kier alpha value is -3.46. The zero-order valence-electron chi connectivity index (χ0n) is 21.0. The van der Waals surface area contributed by atoms with Gasteiger partial charge in [-0.3, -0.25) is 0 Å². The highest BCUT2D eigenvalue weighted by molar-refractivity contribution is 6.08. The number of hydrogen-bond acceptors (Lipinski definition) is 2. The lowest BCUT2D eigenvalue weighted by Gasteiger charge is -2.08. The van der Waals surface area contributed by atoms with Gasteiger partial charge in [-0.1, -0.05) is 64.1 Å². The maximum atomic E-state index is 6.40. The van der Waals surface area contributed by atoms with Crippen LogP contribution in [0.2, 0.25) is 0 Å². The van der Waals surface area contributed by atoms with E-state index in [0.29, 0.717) is 17.5 Å². The first-order valence-electron chi connectivity index (χ1n) is 12.2. The van der Waals surface area contributed by atoms with Gasteiger partial charge in [0.2, 0.25) is 11.4 Å². The normalized spacial score (nSPS) is 11.9. The Morgan fingerprint density at radius 3 is 2.21 bits per heavy atom. The summed E-state index contributed by atoms with van der Waals surface area (Å²) in [6, 6.07) is 22.0. The van der Waals surface area contributed by atoms with Gasteiger partial charge in [-0.25, -0.2) is 9.55 Å². The van der Waals surface area contributed by atoms with Crippen LogP contribution in [0.25, 0.3) is 44.5 Å². The predicted molar refractivity (Wildman–Crippen MR) is 141 cm³/mol. The second-order valence-electron chi connectivity index (χ2n) is 10.2. The second kappa shape index (κ2) is 8.72. The minimum Gasteiger partial charge on any atom is -0.437 e. The summed E-state index contributed by atoms with van der Waals surface area (Å²) in [5.74, 6) is 1.03. The van der Waals surface area contributed by atoms with Gasteiger partial charge in [-0.15, -0.1) is 0 Å². The highest BCUT2D eigenvalue weighted by atomic mass is 16.3. The van der Waals surface area contributed by atoms with Crippen LogP contribution >= 0.6 is 0 Å². The van der Waals surface area contributed by atoms with Crippen LogP contribution in [0.5, 0.6) is 0 Å². The number of fused-ring (bicyclic) bond motifs is 3. The highest BCUT2D eigenvalue weighted by Gasteiger charge is 2.22. The Morgan fingerprint density at radius 1 is 0.824 bits per heavy atom. The van der Waals surface area contributed by atoms with E-state index in [1.165, 1.54) is 22.3 Å². The summed E-state index contributed by atoms with van der Waals surface area (Å²) in [4.78, 5) is 4.80. The molecule has 0 aliphatic heterocycles. The first kappa shape index (κ1) is 22.3. The van der Waals surface area contributed by atoms with Gasteiger partial charge in [0.15, 0.2) is 11.8 Å². The van der Waals surface area contributed by atoms with E-state index < -0.39 is 0 Å². The molecule has 0 radical (unpaired) electrons. The van der Waals surface area contributed by atoms with Gasteiger partial charge in [-0.05, 0) is 60.1 Å². The van der Waals surface area contributed by atoms with Gasteiger partial charge in [0.1, 0.15) is 7.05 Å². The molecule has 5 rings (SSSR count). The molecule has 34 heavy (non-hydrogen) atoms. The molecule has 0 fully saturated rings. The molecule has 3 aromatic heterocycles. The molecule has 172 valence electrons. The number of rotatable bonds is 5. The number of furan rings is 1. The Balaban J connectivity index is 1.59. The molecule has 0 amide bonds. The topological polar surface area (TPSA) is 29.9 Å². The SMILES string of the molecule is Cc1ccc2c(oc3nc(C(C)C)ccc32)c1-c1ccc(-c2ccc(CC(C)C)cc2)c[n+]1C. The minimum atomic E-state index is 0.364. The summed E-state index contributed by atoms with van der Waals surface area (Å²) in [6.45, 7) is 11.0. The molecule has 0 unspecified atom stereocenters. The molecule has 3 heterocycles. The predicted octanol–water partition coefficient (Wildman–Crippen LogP) is 7.77. The summed E-state index contributed by atoms with van der Waals surface area (Å²) >= 11 is 0.